The van der Waals surface area contributed by atoms with Gasteiger partial charge in [-0.1, -0.05) is 24.6 Å². The molecule has 100 valence electrons. The number of aromatic amines is 1. The highest BCUT2D eigenvalue weighted by molar-refractivity contribution is 6.31. The molecular weight excluding hydrogens is 262 g/mol. The first-order valence-electron chi connectivity index (χ1n) is 6.18. The smallest absolute Gasteiger partial charge is 0.251 e. The molecule has 5 heteroatoms. The molecule has 0 aliphatic rings. The monoisotopic (exact) mass is 277 g/mol. The van der Waals surface area contributed by atoms with Gasteiger partial charge in [0, 0.05) is 23.0 Å². The molecule has 0 spiro atoms. The maximum atomic E-state index is 12.2. The predicted molar refractivity (Wildman–Crippen MR) is 75.3 cm³/mol. The molecule has 0 saturated heterocycles. The van der Waals surface area contributed by atoms with Gasteiger partial charge >= 0.3 is 0 Å². The Bertz CT molecular complexity index is 566. The summed E-state index contributed by atoms with van der Waals surface area (Å²) in [5, 5.41) is 3.54. The van der Waals surface area contributed by atoms with Gasteiger partial charge in [-0.05, 0) is 31.0 Å². The first-order chi connectivity index (χ1) is 9.11. The van der Waals surface area contributed by atoms with Crippen molar-refractivity contribution in [1.82, 2.24) is 15.3 Å². The topological polar surface area (TPSA) is 57.8 Å². The van der Waals surface area contributed by atoms with Crippen LogP contribution in [0.15, 0.2) is 30.6 Å². The van der Waals surface area contributed by atoms with Crippen LogP contribution in [-0.4, -0.2) is 15.9 Å². The van der Waals surface area contributed by atoms with Crippen molar-refractivity contribution < 1.29 is 4.79 Å². The maximum absolute atomic E-state index is 12.2. The van der Waals surface area contributed by atoms with Gasteiger partial charge in [-0.15, -0.1) is 0 Å². The van der Waals surface area contributed by atoms with Crippen molar-refractivity contribution in [3.8, 4) is 0 Å². The van der Waals surface area contributed by atoms with E-state index >= 15 is 0 Å². The number of aromatic nitrogens is 2. The number of halogens is 1. The SMILES string of the molecule is CCC(NC(=O)c1ccc(C)c(Cl)c1)c1ncc[nH]1. The lowest BCUT2D eigenvalue weighted by Gasteiger charge is -2.15. The largest absolute Gasteiger partial charge is 0.347 e. The lowest BCUT2D eigenvalue weighted by molar-refractivity contribution is 0.0934. The molecule has 0 fully saturated rings. The van der Waals surface area contributed by atoms with E-state index in [1.807, 2.05) is 19.9 Å². The molecule has 0 saturated carbocycles. The number of nitrogens with zero attached hydrogens (tertiary/aromatic N) is 1. The van der Waals surface area contributed by atoms with Crippen LogP contribution in [0.1, 0.15) is 41.1 Å². The molecule has 1 amide bonds. The summed E-state index contributed by atoms with van der Waals surface area (Å²) in [5.74, 6) is 0.610. The molecule has 1 aromatic carbocycles. The van der Waals surface area contributed by atoms with Crippen LogP contribution in [0.2, 0.25) is 5.02 Å². The van der Waals surface area contributed by atoms with Crippen molar-refractivity contribution in [3.63, 3.8) is 0 Å². The second-order valence-electron chi connectivity index (χ2n) is 4.37. The van der Waals surface area contributed by atoms with Crippen molar-refractivity contribution in [1.29, 1.82) is 0 Å². The van der Waals surface area contributed by atoms with Crippen molar-refractivity contribution in [2.75, 3.05) is 0 Å². The normalized spacial score (nSPS) is 12.2. The quantitative estimate of drug-likeness (QED) is 0.901. The lowest BCUT2D eigenvalue weighted by Crippen LogP contribution is -2.28. The average Bonchev–Trinajstić information content (AvgIpc) is 2.92. The summed E-state index contributed by atoms with van der Waals surface area (Å²) in [7, 11) is 0. The van der Waals surface area contributed by atoms with Crippen LogP contribution in [0, 0.1) is 6.92 Å². The number of imidazole rings is 1. The third-order valence-electron chi connectivity index (χ3n) is 3.00. The fourth-order valence-corrected chi connectivity index (χ4v) is 1.99. The summed E-state index contributed by atoms with van der Waals surface area (Å²) < 4.78 is 0. The summed E-state index contributed by atoms with van der Waals surface area (Å²) in [6.45, 7) is 3.90. The Hall–Kier alpha value is -1.81. The highest BCUT2D eigenvalue weighted by Crippen LogP contribution is 2.18. The number of hydrogen-bond donors (Lipinski definition) is 2. The minimum atomic E-state index is -0.148. The second-order valence-corrected chi connectivity index (χ2v) is 4.78. The highest BCUT2D eigenvalue weighted by atomic mass is 35.5. The van der Waals surface area contributed by atoms with Gasteiger partial charge < -0.3 is 10.3 Å². The first-order valence-corrected chi connectivity index (χ1v) is 6.56. The van der Waals surface area contributed by atoms with E-state index < -0.39 is 0 Å². The van der Waals surface area contributed by atoms with E-state index in [4.69, 9.17) is 11.6 Å². The summed E-state index contributed by atoms with van der Waals surface area (Å²) >= 11 is 6.03. The van der Waals surface area contributed by atoms with Crippen LogP contribution >= 0.6 is 11.6 Å². The zero-order chi connectivity index (χ0) is 13.8. The molecule has 19 heavy (non-hydrogen) atoms. The molecule has 2 rings (SSSR count). The van der Waals surface area contributed by atoms with Gasteiger partial charge in [-0.2, -0.15) is 0 Å². The third kappa shape index (κ3) is 3.15. The molecule has 1 unspecified atom stereocenters. The van der Waals surface area contributed by atoms with Gasteiger partial charge in [-0.3, -0.25) is 4.79 Å². The number of carbonyl (C=O) groups is 1. The Morgan fingerprint density at radius 2 is 2.32 bits per heavy atom. The molecule has 0 aliphatic carbocycles. The molecule has 2 aromatic rings. The predicted octanol–water partition coefficient (Wildman–Crippen LogP) is 3.25. The summed E-state index contributed by atoms with van der Waals surface area (Å²) in [5.41, 5.74) is 1.51. The molecule has 1 heterocycles. The van der Waals surface area contributed by atoms with Crippen LogP contribution in [0.3, 0.4) is 0 Å². The Kier molecular flexibility index (Phi) is 4.22. The van der Waals surface area contributed by atoms with E-state index in [1.54, 1.807) is 24.5 Å². The second kappa shape index (κ2) is 5.89. The molecule has 0 radical (unpaired) electrons. The van der Waals surface area contributed by atoms with Crippen molar-refractivity contribution in [2.24, 2.45) is 0 Å². The number of rotatable bonds is 4. The Morgan fingerprint density at radius 1 is 1.53 bits per heavy atom. The van der Waals surface area contributed by atoms with Gasteiger partial charge in [0.15, 0.2) is 0 Å². The number of aryl methyl sites for hydroxylation is 1. The van der Waals surface area contributed by atoms with Crippen molar-refractivity contribution in [2.45, 2.75) is 26.3 Å². The fourth-order valence-electron chi connectivity index (χ4n) is 1.81. The number of hydrogen-bond acceptors (Lipinski definition) is 2. The standard InChI is InChI=1S/C14H16ClN3O/c1-3-12(13-16-6-7-17-13)18-14(19)10-5-4-9(2)11(15)8-10/h4-8,12H,3H2,1-2H3,(H,16,17)(H,18,19). The molecule has 4 nitrogen and oxygen atoms in total. The van der Waals surface area contributed by atoms with Crippen LogP contribution < -0.4 is 5.32 Å². The molecule has 1 atom stereocenters. The number of H-pyrrole nitrogens is 1. The number of carbonyl (C=O) groups excluding carboxylic acids is 1. The van der Waals surface area contributed by atoms with Crippen LogP contribution in [0.5, 0.6) is 0 Å². The fraction of sp³-hybridized carbons (Fsp3) is 0.286. The molecule has 0 aliphatic heterocycles. The van der Waals surface area contributed by atoms with Gasteiger partial charge in [0.25, 0.3) is 5.91 Å². The van der Waals surface area contributed by atoms with E-state index in [-0.39, 0.29) is 11.9 Å². The minimum absolute atomic E-state index is 0.123. The molecular formula is C14H16ClN3O. The summed E-state index contributed by atoms with van der Waals surface area (Å²) in [4.78, 5) is 19.3. The Balaban J connectivity index is 2.13. The maximum Gasteiger partial charge on any atom is 0.251 e. The van der Waals surface area contributed by atoms with Gasteiger partial charge in [0.05, 0.1) is 6.04 Å². The van der Waals surface area contributed by atoms with E-state index in [2.05, 4.69) is 15.3 Å². The van der Waals surface area contributed by atoms with Gasteiger partial charge in [-0.25, -0.2) is 4.98 Å². The zero-order valence-electron chi connectivity index (χ0n) is 10.9. The number of amides is 1. The molecule has 0 bridgehead atoms. The average molecular weight is 278 g/mol. The Morgan fingerprint density at radius 3 is 2.89 bits per heavy atom. The first kappa shape index (κ1) is 13.6. The summed E-state index contributed by atoms with van der Waals surface area (Å²) in [6.07, 6.45) is 4.18. The van der Waals surface area contributed by atoms with E-state index in [0.717, 1.165) is 17.8 Å². The third-order valence-corrected chi connectivity index (χ3v) is 3.40. The van der Waals surface area contributed by atoms with Gasteiger partial charge in [0.2, 0.25) is 0 Å². The summed E-state index contributed by atoms with van der Waals surface area (Å²) in [6, 6.07) is 5.17. The lowest BCUT2D eigenvalue weighted by atomic mass is 10.1. The van der Waals surface area contributed by atoms with Gasteiger partial charge in [0.1, 0.15) is 5.82 Å². The zero-order valence-corrected chi connectivity index (χ0v) is 11.7. The van der Waals surface area contributed by atoms with E-state index in [1.165, 1.54) is 0 Å². The number of nitrogens with one attached hydrogen (secondary N) is 2. The number of benzene rings is 1. The van der Waals surface area contributed by atoms with E-state index in [0.29, 0.717) is 10.6 Å². The minimum Gasteiger partial charge on any atom is -0.347 e. The van der Waals surface area contributed by atoms with Crippen molar-refractivity contribution in [3.05, 3.63) is 52.6 Å². The van der Waals surface area contributed by atoms with Crippen LogP contribution in [-0.2, 0) is 0 Å². The molecule has 1 aromatic heterocycles. The van der Waals surface area contributed by atoms with E-state index in [9.17, 15) is 4.79 Å². The van der Waals surface area contributed by atoms with Crippen LogP contribution in [0.4, 0.5) is 0 Å². The van der Waals surface area contributed by atoms with Crippen molar-refractivity contribution >= 4 is 17.5 Å². The highest BCUT2D eigenvalue weighted by Gasteiger charge is 2.16. The van der Waals surface area contributed by atoms with Crippen LogP contribution in [0.25, 0.3) is 0 Å². The Labute approximate surface area is 117 Å². The molecule has 2 N–H and O–H groups in total.